The van der Waals surface area contributed by atoms with Gasteiger partial charge in [0.15, 0.2) is 18.9 Å². The molecule has 14 N–H and O–H groups in total. The summed E-state index contributed by atoms with van der Waals surface area (Å²) in [6.07, 6.45) is -24.5. The molecule has 0 radical (unpaired) electrons. The monoisotopic (exact) mass is 607 g/mol. The van der Waals surface area contributed by atoms with Gasteiger partial charge in [-0.1, -0.05) is 0 Å². The fourth-order valence-corrected chi connectivity index (χ4v) is 4.48. The fraction of sp³-hybridized carbons (Fsp3) is 1.00. The smallest absolute Gasteiger partial charge is 0.186 e. The molecule has 19 heteroatoms. The zero-order chi connectivity index (χ0) is 30.6. The third kappa shape index (κ3) is 7.85. The van der Waals surface area contributed by atoms with Crippen LogP contribution >= 0.6 is 0 Å². The first-order chi connectivity index (χ1) is 19.3. The van der Waals surface area contributed by atoms with Gasteiger partial charge < -0.3 is 95.4 Å². The molecule has 3 fully saturated rings. The van der Waals surface area contributed by atoms with Gasteiger partial charge in [0.05, 0.1) is 45.2 Å². The highest BCUT2D eigenvalue weighted by Crippen LogP contribution is 2.27. The predicted octanol–water partition coefficient (Wildman–Crippen LogP) is -8.87. The Hall–Kier alpha value is -0.760. The number of rotatable bonds is 12. The van der Waals surface area contributed by atoms with E-state index in [1.54, 1.807) is 0 Å². The summed E-state index contributed by atoms with van der Waals surface area (Å²) in [5.41, 5.74) is 4.57. The Morgan fingerprint density at radius 1 is 0.439 bits per heavy atom. The van der Waals surface area contributed by atoms with Crippen molar-refractivity contribution in [2.24, 2.45) is 5.73 Å². The molecule has 3 aliphatic heterocycles. The van der Waals surface area contributed by atoms with Crippen molar-refractivity contribution >= 4 is 0 Å². The average molecular weight is 608 g/mol. The Bertz CT molecular complexity index is 694. The number of nitrogens with two attached hydrogens (primary N) is 1. The summed E-state index contributed by atoms with van der Waals surface area (Å²) in [4.78, 5) is 0. The quantitative estimate of drug-likeness (QED) is 0.0979. The maximum Gasteiger partial charge on any atom is 0.186 e. The summed E-state index contributed by atoms with van der Waals surface area (Å²) >= 11 is 0. The van der Waals surface area contributed by atoms with Gasteiger partial charge in [-0.15, -0.1) is 0 Å². The summed E-state index contributed by atoms with van der Waals surface area (Å²) in [5.74, 6) is 0. The first-order valence-electron chi connectivity index (χ1n) is 12.8. The van der Waals surface area contributed by atoms with Gasteiger partial charge in [0, 0.05) is 0 Å². The van der Waals surface area contributed by atoms with E-state index in [-0.39, 0.29) is 0 Å². The fourth-order valence-electron chi connectivity index (χ4n) is 4.48. The zero-order valence-corrected chi connectivity index (χ0v) is 21.8. The van der Waals surface area contributed by atoms with E-state index in [0.29, 0.717) is 0 Å². The van der Waals surface area contributed by atoms with Crippen LogP contribution in [0.4, 0.5) is 0 Å². The van der Waals surface area contributed by atoms with E-state index in [4.69, 9.17) is 34.2 Å². The molecule has 41 heavy (non-hydrogen) atoms. The van der Waals surface area contributed by atoms with Crippen LogP contribution in [-0.2, 0) is 28.4 Å². The van der Waals surface area contributed by atoms with Gasteiger partial charge in [0.2, 0.25) is 0 Å². The van der Waals surface area contributed by atoms with Crippen molar-refractivity contribution in [1.29, 1.82) is 0 Å². The van der Waals surface area contributed by atoms with Crippen LogP contribution in [0.5, 0.6) is 0 Å². The van der Waals surface area contributed by atoms with Crippen LogP contribution in [0, 0.1) is 0 Å². The molecular weight excluding hydrogens is 566 g/mol. The molecule has 0 spiro atoms. The lowest BCUT2D eigenvalue weighted by Gasteiger charge is -2.43. The minimum Gasteiger partial charge on any atom is -0.394 e. The van der Waals surface area contributed by atoms with Gasteiger partial charge in [-0.3, -0.25) is 0 Å². The number of ether oxygens (including phenoxy) is 6. The molecule has 0 aromatic rings. The SMILES string of the molecule is NC(CO[C@@H]1OC(CO)[C@@H](O)C(O)C1O)(CO[C@H]1OC(CO)[C@@H](O)C(O)C1O)CO[C@H]1OC(CO)[C@@H](O)C(O)C1O. The molecule has 0 aromatic heterocycles. The van der Waals surface area contributed by atoms with Crippen LogP contribution in [-0.4, -0.2) is 199 Å². The number of hydrogen-bond donors (Lipinski definition) is 13. The van der Waals surface area contributed by atoms with E-state index < -0.39 is 137 Å². The lowest BCUT2D eigenvalue weighted by Crippen LogP contribution is -2.63. The lowest BCUT2D eigenvalue weighted by atomic mass is 9.98. The minimum atomic E-state index is -1.84. The van der Waals surface area contributed by atoms with E-state index in [1.165, 1.54) is 0 Å². The van der Waals surface area contributed by atoms with Gasteiger partial charge in [-0.05, 0) is 0 Å². The second-order valence-electron chi connectivity index (χ2n) is 10.4. The summed E-state index contributed by atoms with van der Waals surface area (Å²) < 4.78 is 32.3. The Morgan fingerprint density at radius 3 is 0.902 bits per heavy atom. The van der Waals surface area contributed by atoms with Gasteiger partial charge in [-0.25, -0.2) is 0 Å². The normalized spacial score (nSPS) is 47.2. The zero-order valence-electron chi connectivity index (χ0n) is 21.8. The minimum absolute atomic E-state index is 0.648. The van der Waals surface area contributed by atoms with Crippen LogP contribution in [0.15, 0.2) is 0 Å². The average Bonchev–Trinajstić information content (AvgIpc) is 2.96. The molecule has 3 aliphatic rings. The van der Waals surface area contributed by atoms with Crippen LogP contribution in [0.25, 0.3) is 0 Å². The maximum atomic E-state index is 10.3. The maximum absolute atomic E-state index is 10.3. The molecule has 3 heterocycles. The molecule has 242 valence electrons. The third-order valence-corrected chi connectivity index (χ3v) is 7.15. The van der Waals surface area contributed by atoms with Crippen molar-refractivity contribution < 1.29 is 89.7 Å². The Morgan fingerprint density at radius 2 is 0.683 bits per heavy atom. The summed E-state index contributed by atoms with van der Waals surface area (Å²) in [5, 5.41) is 119. The van der Waals surface area contributed by atoms with Crippen molar-refractivity contribution in [3.8, 4) is 0 Å². The van der Waals surface area contributed by atoms with E-state index >= 15 is 0 Å². The molecule has 0 amide bonds. The first-order valence-corrected chi connectivity index (χ1v) is 12.8. The molecule has 19 nitrogen and oxygen atoms in total. The second kappa shape index (κ2) is 14.8. The molecule has 0 saturated carbocycles. The van der Waals surface area contributed by atoms with Gasteiger partial charge in [0.1, 0.15) is 73.2 Å². The number of hydrogen-bond acceptors (Lipinski definition) is 19. The lowest BCUT2D eigenvalue weighted by molar-refractivity contribution is -0.322. The van der Waals surface area contributed by atoms with Crippen molar-refractivity contribution in [2.45, 2.75) is 97.7 Å². The highest BCUT2D eigenvalue weighted by atomic mass is 16.7. The van der Waals surface area contributed by atoms with Crippen LogP contribution in [0.1, 0.15) is 0 Å². The highest BCUT2D eigenvalue weighted by molar-refractivity contribution is 4.94. The standard InChI is InChI=1S/C22H41NO18/c23-22(4-36-19-16(33)13(30)10(27)7(1-24)39-19,5-37-20-17(34)14(31)11(28)8(2-25)40-20)6-38-21-18(35)15(32)12(29)9(3-26)41-21/h7-21,24-35H,1-6,23H2/t7?,8?,9?,10-,11-,12-,13?,14?,15?,16?,17?,18?,19-,20+,21+,22?/m1/s1. The van der Waals surface area contributed by atoms with Gasteiger partial charge in [0.25, 0.3) is 0 Å². The topological polar surface area (TPSA) is 324 Å². The Kier molecular flexibility index (Phi) is 12.5. The molecule has 3 rings (SSSR count). The van der Waals surface area contributed by atoms with Gasteiger partial charge >= 0.3 is 0 Å². The molecule has 0 aliphatic carbocycles. The third-order valence-electron chi connectivity index (χ3n) is 7.15. The van der Waals surface area contributed by atoms with Crippen molar-refractivity contribution in [3.63, 3.8) is 0 Å². The number of aliphatic hydroxyl groups is 12. The van der Waals surface area contributed by atoms with E-state index in [0.717, 1.165) is 0 Å². The largest absolute Gasteiger partial charge is 0.394 e. The summed E-state index contributed by atoms with van der Waals surface area (Å²) in [7, 11) is 0. The Balaban J connectivity index is 1.73. The van der Waals surface area contributed by atoms with Gasteiger partial charge in [-0.2, -0.15) is 0 Å². The molecule has 3 saturated heterocycles. The van der Waals surface area contributed by atoms with E-state index in [2.05, 4.69) is 0 Å². The van der Waals surface area contributed by atoms with Crippen molar-refractivity contribution in [2.75, 3.05) is 39.6 Å². The van der Waals surface area contributed by atoms with Crippen LogP contribution < -0.4 is 5.73 Å². The predicted molar refractivity (Wildman–Crippen MR) is 126 cm³/mol. The molecule has 15 atom stereocenters. The highest BCUT2D eigenvalue weighted by Gasteiger charge is 2.48. The summed E-state index contributed by atoms with van der Waals surface area (Å²) in [6.45, 7) is -4.16. The first kappa shape index (κ1) is 34.7. The second-order valence-corrected chi connectivity index (χ2v) is 10.4. The molecule has 0 bridgehead atoms. The van der Waals surface area contributed by atoms with Crippen LogP contribution in [0.2, 0.25) is 0 Å². The molecule has 9 unspecified atom stereocenters. The Labute approximate surface area is 233 Å². The van der Waals surface area contributed by atoms with E-state index in [9.17, 15) is 61.3 Å². The summed E-state index contributed by atoms with van der Waals surface area (Å²) in [6, 6.07) is 0. The van der Waals surface area contributed by atoms with Crippen LogP contribution in [0.3, 0.4) is 0 Å². The molecule has 0 aromatic carbocycles. The molecular formula is C22H41NO18. The van der Waals surface area contributed by atoms with Crippen molar-refractivity contribution in [3.05, 3.63) is 0 Å². The van der Waals surface area contributed by atoms with E-state index in [1.807, 2.05) is 0 Å². The van der Waals surface area contributed by atoms with Crippen molar-refractivity contribution in [1.82, 2.24) is 0 Å². The number of aliphatic hydroxyl groups excluding tert-OH is 12.